The van der Waals surface area contributed by atoms with E-state index in [9.17, 15) is 19.1 Å². The summed E-state index contributed by atoms with van der Waals surface area (Å²) in [6.07, 6.45) is 1.23. The van der Waals surface area contributed by atoms with Crippen LogP contribution in [0.25, 0.3) is 0 Å². The summed E-state index contributed by atoms with van der Waals surface area (Å²) in [4.78, 5) is 27.0. The number of hydrogen-bond donors (Lipinski definition) is 2. The van der Waals surface area contributed by atoms with E-state index in [1.54, 1.807) is 11.0 Å². The summed E-state index contributed by atoms with van der Waals surface area (Å²) < 4.78 is 20.0. The molecule has 1 fully saturated rings. The zero-order chi connectivity index (χ0) is 25.4. The highest BCUT2D eigenvalue weighted by molar-refractivity contribution is 5.80. The Morgan fingerprint density at radius 3 is 2.63 bits per heavy atom. The fourth-order valence-electron chi connectivity index (χ4n) is 4.53. The number of amides is 2. The first kappa shape index (κ1) is 26.7. The SMILES string of the molecule is CC(=O)N[C@@H](Cc1cc(F)cc(OCCC(C)C)c1)[C@H](O)[C@@H]1CCCN(Cc2ccccc2)C1=O. The molecule has 190 valence electrons. The third-order valence-corrected chi connectivity index (χ3v) is 6.35. The van der Waals surface area contributed by atoms with Crippen molar-refractivity contribution in [1.29, 1.82) is 0 Å². The van der Waals surface area contributed by atoms with Gasteiger partial charge in [0.25, 0.3) is 0 Å². The van der Waals surface area contributed by atoms with Crippen molar-refractivity contribution < 1.29 is 23.8 Å². The molecule has 2 aromatic carbocycles. The molecule has 3 rings (SSSR count). The molecule has 0 spiro atoms. The van der Waals surface area contributed by atoms with E-state index in [-0.39, 0.29) is 18.2 Å². The molecule has 1 saturated heterocycles. The van der Waals surface area contributed by atoms with Crippen molar-refractivity contribution in [2.75, 3.05) is 13.2 Å². The van der Waals surface area contributed by atoms with E-state index in [2.05, 4.69) is 19.2 Å². The number of carbonyl (C=O) groups excluding carboxylic acids is 2. The summed E-state index contributed by atoms with van der Waals surface area (Å²) in [6, 6.07) is 13.4. The van der Waals surface area contributed by atoms with E-state index < -0.39 is 23.9 Å². The lowest BCUT2D eigenvalue weighted by atomic mass is 9.85. The van der Waals surface area contributed by atoms with Gasteiger partial charge in [-0.05, 0) is 54.9 Å². The molecule has 0 saturated carbocycles. The molecule has 7 heteroatoms. The van der Waals surface area contributed by atoms with Gasteiger partial charge < -0.3 is 20.1 Å². The minimum atomic E-state index is -1.10. The molecule has 1 heterocycles. The van der Waals surface area contributed by atoms with E-state index in [1.165, 1.54) is 19.1 Å². The van der Waals surface area contributed by atoms with Crippen molar-refractivity contribution in [3.63, 3.8) is 0 Å². The molecule has 0 aromatic heterocycles. The van der Waals surface area contributed by atoms with Gasteiger partial charge in [0.15, 0.2) is 0 Å². The first-order chi connectivity index (χ1) is 16.7. The second kappa shape index (κ2) is 12.7. The molecule has 2 aromatic rings. The van der Waals surface area contributed by atoms with Gasteiger partial charge >= 0.3 is 0 Å². The van der Waals surface area contributed by atoms with E-state index in [1.807, 2.05) is 30.3 Å². The second-order valence-corrected chi connectivity index (χ2v) is 9.82. The van der Waals surface area contributed by atoms with Crippen LogP contribution in [0.1, 0.15) is 51.2 Å². The average molecular weight is 485 g/mol. The maximum absolute atomic E-state index is 14.3. The van der Waals surface area contributed by atoms with Gasteiger partial charge in [0, 0.05) is 26.1 Å². The van der Waals surface area contributed by atoms with Crippen molar-refractivity contribution in [2.45, 2.75) is 65.1 Å². The van der Waals surface area contributed by atoms with Gasteiger partial charge in [0.1, 0.15) is 11.6 Å². The fraction of sp³-hybridized carbons (Fsp3) is 0.500. The van der Waals surface area contributed by atoms with Crippen molar-refractivity contribution >= 4 is 11.8 Å². The Morgan fingerprint density at radius 2 is 1.94 bits per heavy atom. The van der Waals surface area contributed by atoms with Gasteiger partial charge in [0.2, 0.25) is 11.8 Å². The summed E-state index contributed by atoms with van der Waals surface area (Å²) in [6.45, 7) is 7.14. The second-order valence-electron chi connectivity index (χ2n) is 9.82. The normalized spacial score (nSPS) is 17.8. The highest BCUT2D eigenvalue weighted by atomic mass is 19.1. The lowest BCUT2D eigenvalue weighted by Gasteiger charge is -2.37. The molecule has 35 heavy (non-hydrogen) atoms. The lowest BCUT2D eigenvalue weighted by Crippen LogP contribution is -2.53. The van der Waals surface area contributed by atoms with Crippen molar-refractivity contribution in [3.8, 4) is 5.75 Å². The standard InChI is InChI=1S/C28H37FN2O4/c1-19(2)11-13-35-24-15-22(14-23(29)17-24)16-26(30-20(3)32)27(33)25-10-7-12-31(28(25)34)18-21-8-5-4-6-9-21/h4-6,8-9,14-15,17,19,25-27,33H,7,10-13,16,18H2,1-3H3,(H,30,32)/t25-,26-,27+/m0/s1. The highest BCUT2D eigenvalue weighted by Gasteiger charge is 2.38. The fourth-order valence-corrected chi connectivity index (χ4v) is 4.53. The summed E-state index contributed by atoms with van der Waals surface area (Å²) in [5, 5.41) is 14.0. The largest absolute Gasteiger partial charge is 0.493 e. The van der Waals surface area contributed by atoms with Crippen molar-refractivity contribution in [2.24, 2.45) is 11.8 Å². The van der Waals surface area contributed by atoms with Crippen molar-refractivity contribution in [3.05, 3.63) is 65.5 Å². The number of nitrogens with one attached hydrogen (secondary N) is 1. The molecule has 0 bridgehead atoms. The van der Waals surface area contributed by atoms with Crippen LogP contribution < -0.4 is 10.1 Å². The monoisotopic (exact) mass is 484 g/mol. The van der Waals surface area contributed by atoms with Crippen LogP contribution >= 0.6 is 0 Å². The highest BCUT2D eigenvalue weighted by Crippen LogP contribution is 2.27. The lowest BCUT2D eigenvalue weighted by molar-refractivity contribution is -0.145. The Labute approximate surface area is 207 Å². The number of ether oxygens (including phenoxy) is 1. The van der Waals surface area contributed by atoms with Gasteiger partial charge in [0.05, 0.1) is 24.7 Å². The Morgan fingerprint density at radius 1 is 1.20 bits per heavy atom. The number of halogens is 1. The summed E-state index contributed by atoms with van der Waals surface area (Å²) in [5.41, 5.74) is 1.62. The molecular weight excluding hydrogens is 447 g/mol. The van der Waals surface area contributed by atoms with Gasteiger partial charge in [-0.15, -0.1) is 0 Å². The van der Waals surface area contributed by atoms with Gasteiger partial charge in [-0.2, -0.15) is 0 Å². The number of nitrogens with zero attached hydrogens (tertiary/aromatic N) is 1. The number of piperidine rings is 1. The molecule has 0 aliphatic carbocycles. The minimum absolute atomic E-state index is 0.125. The Hall–Kier alpha value is -2.93. The first-order valence-corrected chi connectivity index (χ1v) is 12.4. The summed E-state index contributed by atoms with van der Waals surface area (Å²) >= 11 is 0. The first-order valence-electron chi connectivity index (χ1n) is 12.4. The van der Waals surface area contributed by atoms with Crippen LogP contribution in [0.15, 0.2) is 48.5 Å². The van der Waals surface area contributed by atoms with Gasteiger partial charge in [-0.25, -0.2) is 4.39 Å². The predicted molar refractivity (Wildman–Crippen MR) is 133 cm³/mol. The average Bonchev–Trinajstić information content (AvgIpc) is 2.79. The Bertz CT molecular complexity index is 982. The molecule has 3 atom stereocenters. The number of likely N-dealkylation sites (tertiary alicyclic amines) is 1. The quantitative estimate of drug-likeness (QED) is 0.503. The molecular formula is C28H37FN2O4. The maximum atomic E-state index is 14.3. The third kappa shape index (κ3) is 8.06. The van der Waals surface area contributed by atoms with Crippen LogP contribution in [0.2, 0.25) is 0 Å². The van der Waals surface area contributed by atoms with Crippen LogP contribution in [0.5, 0.6) is 5.75 Å². The summed E-state index contributed by atoms with van der Waals surface area (Å²) in [7, 11) is 0. The zero-order valence-corrected chi connectivity index (χ0v) is 20.9. The van der Waals surface area contributed by atoms with E-state index in [0.717, 1.165) is 18.4 Å². The van der Waals surface area contributed by atoms with Crippen LogP contribution in [-0.2, 0) is 22.6 Å². The minimum Gasteiger partial charge on any atom is -0.493 e. The Balaban J connectivity index is 1.73. The van der Waals surface area contributed by atoms with Crippen LogP contribution in [0, 0.1) is 17.7 Å². The van der Waals surface area contributed by atoms with Crippen LogP contribution in [0.3, 0.4) is 0 Å². The molecule has 2 amide bonds. The number of hydrogen-bond acceptors (Lipinski definition) is 4. The summed E-state index contributed by atoms with van der Waals surface area (Å²) in [5.74, 6) is -0.639. The third-order valence-electron chi connectivity index (χ3n) is 6.35. The molecule has 2 N–H and O–H groups in total. The van der Waals surface area contributed by atoms with Gasteiger partial charge in [-0.3, -0.25) is 9.59 Å². The number of benzene rings is 2. The van der Waals surface area contributed by atoms with Crippen molar-refractivity contribution in [1.82, 2.24) is 10.2 Å². The predicted octanol–water partition coefficient (Wildman–Crippen LogP) is 4.10. The Kier molecular flexibility index (Phi) is 9.66. The van der Waals surface area contributed by atoms with Gasteiger partial charge in [-0.1, -0.05) is 44.2 Å². The van der Waals surface area contributed by atoms with E-state index in [4.69, 9.17) is 4.74 Å². The molecule has 0 radical (unpaired) electrons. The molecule has 1 aliphatic heterocycles. The number of carbonyl (C=O) groups is 2. The van der Waals surface area contributed by atoms with E-state index >= 15 is 0 Å². The topological polar surface area (TPSA) is 78.9 Å². The zero-order valence-electron chi connectivity index (χ0n) is 20.9. The smallest absolute Gasteiger partial charge is 0.228 e. The molecule has 6 nitrogen and oxygen atoms in total. The number of rotatable bonds is 11. The van der Waals surface area contributed by atoms with E-state index in [0.29, 0.717) is 43.3 Å². The number of aliphatic hydroxyl groups excluding tert-OH is 1. The van der Waals surface area contributed by atoms with Crippen LogP contribution in [-0.4, -0.2) is 47.1 Å². The molecule has 1 aliphatic rings. The van der Waals surface area contributed by atoms with Crippen LogP contribution in [0.4, 0.5) is 4.39 Å². The number of aliphatic hydroxyl groups is 1. The molecule has 0 unspecified atom stereocenters. The maximum Gasteiger partial charge on any atom is 0.228 e.